The van der Waals surface area contributed by atoms with E-state index in [0.717, 1.165) is 0 Å². The number of alkyl halides is 24. The quantitative estimate of drug-likeness (QED) is 0.0392. The lowest BCUT2D eigenvalue weighted by atomic mass is 9.12. The van der Waals surface area contributed by atoms with Gasteiger partial charge in [0.2, 0.25) is 18.1 Å². The Balaban J connectivity index is 0.000000520. The Bertz CT molecular complexity index is 2560. The minimum Gasteiger partial charge on any atom is -0.232 e. The Morgan fingerprint density at radius 3 is 0.849 bits per heavy atom. The molecule has 0 amide bonds. The zero-order chi connectivity index (χ0) is 55.1. The molecule has 73 heavy (non-hydrogen) atoms. The second kappa shape index (κ2) is 19.6. The molecule has 0 aliphatic carbocycles. The highest BCUT2D eigenvalue weighted by molar-refractivity contribution is 7.20. The Hall–Kier alpha value is -7.26. The van der Waals surface area contributed by atoms with Crippen LogP contribution in [0, 0.1) is 0 Å². The first-order valence-corrected chi connectivity index (χ1v) is 19.3. The molecule has 0 atom stereocenters. The van der Waals surface area contributed by atoms with Gasteiger partial charge in [0.15, 0.2) is 0 Å². The number of azide groups is 1. The lowest BCUT2D eigenvalue weighted by Crippen LogP contribution is -2.75. The molecule has 1 aromatic heterocycles. The Morgan fingerprint density at radius 1 is 0.356 bits per heavy atom. The standard InChI is InChI=1S/C32H12BF24.C11H9N4O/c34-25(35,36)13-1-14(26(37,38)39)6-21(5-13)33(22-7-15(27(40,41)42)2-16(8-22)28(43,44)45,23-9-17(29(46,47)48)3-18(10-23)30(49,50)51)24-11-19(31(52,53)54)4-20(12-24)32(55,56)57;12-14-13-10-5-4-6-11(9-10)16-15-7-2-1-3-8-15/h1-12H;1-9H/q-1;+1. The third-order valence-electron chi connectivity index (χ3n) is 10.3. The minimum atomic E-state index is -6.13. The first-order valence-electron chi connectivity index (χ1n) is 19.3. The van der Waals surface area contributed by atoms with Gasteiger partial charge in [-0.1, -0.05) is 71.8 Å². The van der Waals surface area contributed by atoms with Crippen molar-refractivity contribution in [2.24, 2.45) is 5.11 Å². The third kappa shape index (κ3) is 13.4. The number of halogens is 24. The lowest BCUT2D eigenvalue weighted by molar-refractivity contribution is -0.875. The summed E-state index contributed by atoms with van der Waals surface area (Å²) in [5, 5.41) is 3.50. The molecule has 6 rings (SSSR count). The second-order valence-electron chi connectivity index (χ2n) is 15.2. The first-order chi connectivity index (χ1) is 33.1. The third-order valence-corrected chi connectivity index (χ3v) is 10.3. The summed E-state index contributed by atoms with van der Waals surface area (Å²) in [4.78, 5) is 8.22. The summed E-state index contributed by atoms with van der Waals surface area (Å²) in [6.45, 7) is 0. The molecule has 0 fully saturated rings. The van der Waals surface area contributed by atoms with Crippen LogP contribution < -0.4 is 31.4 Å². The largest absolute Gasteiger partial charge is 0.416 e. The van der Waals surface area contributed by atoms with E-state index in [1.807, 2.05) is 18.2 Å². The minimum absolute atomic E-state index is 0.525. The van der Waals surface area contributed by atoms with Gasteiger partial charge in [0, 0.05) is 27.5 Å². The summed E-state index contributed by atoms with van der Waals surface area (Å²) in [6.07, 6.45) is -51.3. The molecule has 0 spiro atoms. The topological polar surface area (TPSA) is 61.9 Å². The van der Waals surface area contributed by atoms with Gasteiger partial charge < -0.3 is 0 Å². The molecule has 0 unspecified atom stereocenters. The SMILES string of the molecule is FC(F)(F)c1cc([B-](c2cc(C(F)(F)F)cc(C(F)(F)F)c2)(c2cc(C(F)(F)F)cc(C(F)(F)F)c2)c2cc(C(F)(F)F)cc(C(F)(F)F)c2)cc(C(F)(F)F)c1.[N-]=[N+]=Nc1cccc(O[n+]2ccccc2)c1. The average molecular weight is 1080 g/mol. The Labute approximate surface area is 391 Å². The first kappa shape index (κ1) is 56.7. The number of hydrogen-bond acceptors (Lipinski definition) is 2. The van der Waals surface area contributed by atoms with Crippen LogP contribution in [0.25, 0.3) is 10.4 Å². The highest BCUT2D eigenvalue weighted by Crippen LogP contribution is 2.41. The van der Waals surface area contributed by atoms with Gasteiger partial charge in [-0.3, -0.25) is 0 Å². The molecule has 6 aromatic rings. The van der Waals surface area contributed by atoms with Gasteiger partial charge >= 0.3 is 49.4 Å². The lowest BCUT2D eigenvalue weighted by Gasteiger charge is -2.46. The van der Waals surface area contributed by atoms with Crippen molar-refractivity contribution in [1.82, 2.24) is 0 Å². The molecule has 0 aliphatic rings. The number of nitrogens with zero attached hydrogens (tertiary/aromatic N) is 4. The summed E-state index contributed by atoms with van der Waals surface area (Å²) in [5.41, 5.74) is -21.4. The highest BCUT2D eigenvalue weighted by Gasteiger charge is 2.47. The van der Waals surface area contributed by atoms with Crippen LogP contribution in [-0.4, -0.2) is 6.15 Å². The van der Waals surface area contributed by atoms with E-state index in [9.17, 15) is 105 Å². The predicted molar refractivity (Wildman–Crippen MR) is 208 cm³/mol. The zero-order valence-corrected chi connectivity index (χ0v) is 35.0. The van der Waals surface area contributed by atoms with E-state index in [1.165, 1.54) is 0 Å². The van der Waals surface area contributed by atoms with E-state index in [2.05, 4.69) is 10.0 Å². The van der Waals surface area contributed by atoms with Crippen molar-refractivity contribution in [3.05, 3.63) is 183 Å². The summed E-state index contributed by atoms with van der Waals surface area (Å²) in [5.74, 6) is 0.612. The maximum absolute atomic E-state index is 14.2. The molecule has 0 bridgehead atoms. The summed E-state index contributed by atoms with van der Waals surface area (Å²) >= 11 is 0. The average Bonchev–Trinajstić information content (AvgIpc) is 3.25. The molecule has 0 radical (unpaired) electrons. The predicted octanol–water partition coefficient (Wildman–Crippen LogP) is 14.0. The fourth-order valence-corrected chi connectivity index (χ4v) is 7.29. The number of benzene rings is 5. The van der Waals surface area contributed by atoms with Gasteiger partial charge in [-0.15, -0.1) is 0 Å². The van der Waals surface area contributed by atoms with E-state index in [0.29, 0.717) is 11.4 Å². The fraction of sp³-hybridized carbons (Fsp3) is 0.186. The van der Waals surface area contributed by atoms with E-state index >= 15 is 0 Å². The van der Waals surface area contributed by atoms with Crippen LogP contribution in [0.1, 0.15) is 44.5 Å². The van der Waals surface area contributed by atoms with Crippen LogP contribution in [-0.2, 0) is 49.4 Å². The number of pyridine rings is 1. The molecule has 0 saturated carbocycles. The monoisotopic (exact) mass is 1080 g/mol. The van der Waals surface area contributed by atoms with Crippen molar-refractivity contribution < 1.29 is 115 Å². The van der Waals surface area contributed by atoms with Crippen LogP contribution in [0.2, 0.25) is 0 Å². The van der Waals surface area contributed by atoms with Crippen molar-refractivity contribution in [2.45, 2.75) is 49.4 Å². The molecule has 0 N–H and O–H groups in total. The molecule has 5 aromatic carbocycles. The van der Waals surface area contributed by atoms with Gasteiger partial charge in [-0.25, -0.2) is 4.84 Å². The summed E-state index contributed by atoms with van der Waals surface area (Å²) < 4.78 is 342. The van der Waals surface area contributed by atoms with Crippen LogP contribution in [0.4, 0.5) is 111 Å². The maximum atomic E-state index is 14.2. The van der Waals surface area contributed by atoms with Crippen molar-refractivity contribution in [1.29, 1.82) is 0 Å². The van der Waals surface area contributed by atoms with E-state index in [-0.39, 0.29) is 0 Å². The molecule has 390 valence electrons. The second-order valence-corrected chi connectivity index (χ2v) is 15.2. The van der Waals surface area contributed by atoms with Gasteiger partial charge in [0.25, 0.3) is 0 Å². The molecule has 0 aliphatic heterocycles. The van der Waals surface area contributed by atoms with Gasteiger partial charge in [-0.05, 0) is 41.9 Å². The normalized spacial score (nSPS) is 13.2. The highest BCUT2D eigenvalue weighted by atomic mass is 19.4. The van der Waals surface area contributed by atoms with Crippen molar-refractivity contribution in [2.75, 3.05) is 0 Å². The molecular weight excluding hydrogens is 1060 g/mol. The van der Waals surface area contributed by atoms with E-state index in [1.54, 1.807) is 41.4 Å². The summed E-state index contributed by atoms with van der Waals surface area (Å²) in [6, 6.07) is 3.74. The Kier molecular flexibility index (Phi) is 15.2. The zero-order valence-electron chi connectivity index (χ0n) is 35.0. The molecular formula is C43H21BF24N4O. The van der Waals surface area contributed by atoms with Gasteiger partial charge in [0.1, 0.15) is 6.15 Å². The maximum Gasteiger partial charge on any atom is 0.416 e. The van der Waals surface area contributed by atoms with Crippen molar-refractivity contribution in [3.63, 3.8) is 0 Å². The number of hydrogen-bond donors (Lipinski definition) is 0. The van der Waals surface area contributed by atoms with Crippen LogP contribution >= 0.6 is 0 Å². The molecule has 0 saturated heterocycles. The van der Waals surface area contributed by atoms with Crippen molar-refractivity contribution in [3.8, 4) is 5.75 Å². The van der Waals surface area contributed by atoms with Crippen molar-refractivity contribution >= 4 is 33.7 Å². The molecule has 1 heterocycles. The van der Waals surface area contributed by atoms with Gasteiger partial charge in [-0.2, -0.15) is 127 Å². The van der Waals surface area contributed by atoms with Crippen LogP contribution in [0.3, 0.4) is 0 Å². The van der Waals surface area contributed by atoms with Gasteiger partial charge in [0.05, 0.1) is 44.5 Å². The number of rotatable bonds is 7. The Morgan fingerprint density at radius 2 is 0.616 bits per heavy atom. The van der Waals surface area contributed by atoms with Crippen LogP contribution in [0.15, 0.2) is 133 Å². The van der Waals surface area contributed by atoms with E-state index in [4.69, 9.17) is 10.4 Å². The number of aromatic nitrogens is 1. The summed E-state index contributed by atoms with van der Waals surface area (Å²) in [7, 11) is 0. The fourth-order valence-electron chi connectivity index (χ4n) is 7.29. The smallest absolute Gasteiger partial charge is 0.232 e. The molecule has 30 heteroatoms. The van der Waals surface area contributed by atoms with E-state index < -0.39 is 195 Å². The molecule has 5 nitrogen and oxygen atoms in total. The van der Waals surface area contributed by atoms with Crippen LogP contribution in [0.5, 0.6) is 5.75 Å².